The number of nitrogens with zero attached hydrogens (tertiary/aromatic N) is 1. The predicted octanol–water partition coefficient (Wildman–Crippen LogP) is 5.45. The highest BCUT2D eigenvalue weighted by Gasteiger charge is 2.36. The first-order valence-corrected chi connectivity index (χ1v) is 6.50. The zero-order valence-corrected chi connectivity index (χ0v) is 12.0. The van der Waals surface area contributed by atoms with Gasteiger partial charge >= 0.3 is 12.4 Å². The highest BCUT2D eigenvalue weighted by molar-refractivity contribution is 5.80. The molecule has 0 aliphatic carbocycles. The third-order valence-electron chi connectivity index (χ3n) is 2.88. The largest absolute Gasteiger partial charge is 0.416 e. The molecule has 2 aromatic carbocycles. The molecule has 2 nitrogen and oxygen atoms in total. The molecule has 2 aromatic rings. The van der Waals surface area contributed by atoms with Gasteiger partial charge in [0.05, 0.1) is 23.0 Å². The number of alkyl halides is 6. The molecule has 0 aliphatic heterocycles. The number of halogens is 8. The summed E-state index contributed by atoms with van der Waals surface area (Å²) in [6.07, 6.45) is -9.14. The first-order chi connectivity index (χ1) is 11.4. The van der Waals surface area contributed by atoms with Crippen molar-refractivity contribution in [3.63, 3.8) is 0 Å². The minimum absolute atomic E-state index is 0.0309. The first-order valence-electron chi connectivity index (χ1n) is 6.50. The number of hydrazone groups is 1. The molecule has 0 spiro atoms. The van der Waals surface area contributed by atoms with Crippen molar-refractivity contribution < 1.29 is 35.1 Å². The number of anilines is 1. The lowest BCUT2D eigenvalue weighted by Crippen LogP contribution is -2.11. The second-order valence-corrected chi connectivity index (χ2v) is 4.87. The third kappa shape index (κ3) is 5.16. The van der Waals surface area contributed by atoms with Crippen LogP contribution in [0.3, 0.4) is 0 Å². The van der Waals surface area contributed by atoms with Gasteiger partial charge in [0.2, 0.25) is 0 Å². The molecule has 0 aromatic heterocycles. The Kier molecular flexibility index (Phi) is 5.00. The summed E-state index contributed by atoms with van der Waals surface area (Å²) in [4.78, 5) is 0. The zero-order valence-electron chi connectivity index (χ0n) is 12.0. The number of hydrogen-bond acceptors (Lipinski definition) is 2. The van der Waals surface area contributed by atoms with E-state index in [1.165, 1.54) is 0 Å². The summed E-state index contributed by atoms with van der Waals surface area (Å²) in [5.41, 5.74) is -1.72. The van der Waals surface area contributed by atoms with Crippen molar-refractivity contribution in [2.75, 3.05) is 5.43 Å². The van der Waals surface area contributed by atoms with Gasteiger partial charge in [-0.3, -0.25) is 5.43 Å². The summed E-state index contributed by atoms with van der Waals surface area (Å²) in [5.74, 6) is -1.83. The minimum Gasteiger partial charge on any atom is -0.278 e. The summed E-state index contributed by atoms with van der Waals surface area (Å²) < 4.78 is 102. The van der Waals surface area contributed by atoms with Gasteiger partial charge in [0.15, 0.2) is 0 Å². The standard InChI is InChI=1S/C15H8F8N2/c16-11-1-8(2-12(17)6-11)7-24-25-13-4-9(14(18,19)20)3-10(5-13)15(21,22)23/h1-7,25H/b24-7+. The Balaban J connectivity index is 2.30. The van der Waals surface area contributed by atoms with Crippen molar-refractivity contribution in [1.82, 2.24) is 0 Å². The fraction of sp³-hybridized carbons (Fsp3) is 0.133. The predicted molar refractivity (Wildman–Crippen MR) is 74.0 cm³/mol. The SMILES string of the molecule is Fc1cc(F)cc(/C=N/Nc2cc(C(F)(F)F)cc(C(F)(F)F)c2)c1. The van der Waals surface area contributed by atoms with E-state index >= 15 is 0 Å². The molecule has 25 heavy (non-hydrogen) atoms. The average Bonchev–Trinajstić information content (AvgIpc) is 2.44. The molecule has 0 unspecified atom stereocenters. The van der Waals surface area contributed by atoms with Crippen LogP contribution in [-0.2, 0) is 12.4 Å². The smallest absolute Gasteiger partial charge is 0.278 e. The van der Waals surface area contributed by atoms with Crippen molar-refractivity contribution in [1.29, 1.82) is 0 Å². The Bertz CT molecular complexity index is 741. The van der Waals surface area contributed by atoms with Crippen LogP contribution in [0.2, 0.25) is 0 Å². The Hall–Kier alpha value is -2.65. The average molecular weight is 368 g/mol. The number of rotatable bonds is 3. The summed E-state index contributed by atoms with van der Waals surface area (Å²) in [7, 11) is 0. The van der Waals surface area contributed by atoms with Crippen molar-refractivity contribution in [2.24, 2.45) is 5.10 Å². The van der Waals surface area contributed by atoms with Crippen molar-refractivity contribution >= 4 is 11.9 Å². The maximum atomic E-state index is 13.0. The molecular weight excluding hydrogens is 360 g/mol. The van der Waals surface area contributed by atoms with Gasteiger partial charge in [-0.2, -0.15) is 31.4 Å². The third-order valence-corrected chi connectivity index (χ3v) is 2.88. The van der Waals surface area contributed by atoms with Crippen LogP contribution in [0.5, 0.6) is 0 Å². The maximum absolute atomic E-state index is 13.0. The van der Waals surface area contributed by atoms with Gasteiger partial charge in [-0.15, -0.1) is 0 Å². The summed E-state index contributed by atoms with van der Waals surface area (Å²) >= 11 is 0. The highest BCUT2D eigenvalue weighted by Crippen LogP contribution is 2.37. The second kappa shape index (κ2) is 6.69. The zero-order chi connectivity index (χ0) is 18.8. The van der Waals surface area contributed by atoms with Crippen LogP contribution in [0.1, 0.15) is 16.7 Å². The molecule has 0 aliphatic rings. The van der Waals surface area contributed by atoms with E-state index in [9.17, 15) is 35.1 Å². The van der Waals surface area contributed by atoms with E-state index in [0.29, 0.717) is 18.2 Å². The van der Waals surface area contributed by atoms with Crippen molar-refractivity contribution in [3.05, 3.63) is 64.7 Å². The first kappa shape index (κ1) is 18.7. The van der Waals surface area contributed by atoms with E-state index in [4.69, 9.17) is 0 Å². The van der Waals surface area contributed by atoms with Gasteiger partial charge in [-0.25, -0.2) is 8.78 Å². The van der Waals surface area contributed by atoms with Gasteiger partial charge < -0.3 is 0 Å². The van der Waals surface area contributed by atoms with E-state index < -0.39 is 40.8 Å². The van der Waals surface area contributed by atoms with Crippen LogP contribution < -0.4 is 5.43 Å². The summed E-state index contributed by atoms with van der Waals surface area (Å²) in [5, 5.41) is 3.40. The van der Waals surface area contributed by atoms with Crippen molar-refractivity contribution in [3.8, 4) is 0 Å². The van der Waals surface area contributed by atoms with Gasteiger partial charge in [0.25, 0.3) is 0 Å². The van der Waals surface area contributed by atoms with Gasteiger partial charge in [-0.1, -0.05) is 0 Å². The molecule has 134 valence electrons. The lowest BCUT2D eigenvalue weighted by Gasteiger charge is -2.13. The van der Waals surface area contributed by atoms with Crippen LogP contribution in [0.25, 0.3) is 0 Å². The molecule has 0 fully saturated rings. The lowest BCUT2D eigenvalue weighted by molar-refractivity contribution is -0.143. The summed E-state index contributed by atoms with van der Waals surface area (Å²) in [6.45, 7) is 0. The van der Waals surface area contributed by atoms with Gasteiger partial charge in [-0.05, 0) is 30.3 Å². The number of hydrogen-bond donors (Lipinski definition) is 1. The second-order valence-electron chi connectivity index (χ2n) is 4.87. The molecule has 0 bridgehead atoms. The van der Waals surface area contributed by atoms with E-state index in [1.54, 1.807) is 0 Å². The van der Waals surface area contributed by atoms with Gasteiger partial charge in [0, 0.05) is 11.6 Å². The Labute approximate surface area is 135 Å². The molecule has 0 heterocycles. The number of nitrogens with one attached hydrogen (secondary N) is 1. The summed E-state index contributed by atoms with van der Waals surface area (Å²) in [6, 6.07) is 3.17. The van der Waals surface area contributed by atoms with E-state index in [0.717, 1.165) is 18.3 Å². The van der Waals surface area contributed by atoms with E-state index in [2.05, 4.69) is 5.10 Å². The highest BCUT2D eigenvalue weighted by atomic mass is 19.4. The van der Waals surface area contributed by atoms with Gasteiger partial charge in [0.1, 0.15) is 11.6 Å². The topological polar surface area (TPSA) is 24.4 Å². The molecule has 0 radical (unpaired) electrons. The fourth-order valence-electron chi connectivity index (χ4n) is 1.85. The lowest BCUT2D eigenvalue weighted by atomic mass is 10.1. The molecule has 1 N–H and O–H groups in total. The van der Waals surface area contributed by atoms with Crippen molar-refractivity contribution in [2.45, 2.75) is 12.4 Å². The quantitative estimate of drug-likeness (QED) is 0.435. The molecule has 2 rings (SSSR count). The van der Waals surface area contributed by atoms with Crippen LogP contribution >= 0.6 is 0 Å². The van der Waals surface area contributed by atoms with Crippen LogP contribution in [0, 0.1) is 11.6 Å². The molecule has 10 heteroatoms. The molecule has 0 saturated heterocycles. The van der Waals surface area contributed by atoms with E-state index in [1.807, 2.05) is 5.43 Å². The van der Waals surface area contributed by atoms with Crippen LogP contribution in [0.4, 0.5) is 40.8 Å². The normalized spacial score (nSPS) is 12.6. The van der Waals surface area contributed by atoms with Crippen LogP contribution in [-0.4, -0.2) is 6.21 Å². The number of benzene rings is 2. The van der Waals surface area contributed by atoms with Crippen LogP contribution in [0.15, 0.2) is 41.5 Å². The molecule has 0 amide bonds. The monoisotopic (exact) mass is 368 g/mol. The fourth-order valence-corrected chi connectivity index (χ4v) is 1.85. The Morgan fingerprint density at radius 2 is 1.20 bits per heavy atom. The Morgan fingerprint density at radius 3 is 1.64 bits per heavy atom. The van der Waals surface area contributed by atoms with E-state index in [-0.39, 0.29) is 11.6 Å². The molecule has 0 saturated carbocycles. The Morgan fingerprint density at radius 1 is 0.720 bits per heavy atom. The molecular formula is C15H8F8N2. The minimum atomic E-state index is -4.99. The molecule has 0 atom stereocenters. The maximum Gasteiger partial charge on any atom is 0.416 e.